The number of hydrogen-bond acceptors (Lipinski definition) is 3. The van der Waals surface area contributed by atoms with Crippen molar-refractivity contribution in [2.75, 3.05) is 11.9 Å². The third-order valence-electron chi connectivity index (χ3n) is 2.87. The van der Waals surface area contributed by atoms with Crippen LogP contribution in [0, 0.1) is 0 Å². The van der Waals surface area contributed by atoms with E-state index in [-0.39, 0.29) is 17.7 Å². The molecule has 1 saturated heterocycles. The smallest absolute Gasteiger partial charge is 0.221 e. The van der Waals surface area contributed by atoms with E-state index in [1.807, 2.05) is 0 Å². The first-order chi connectivity index (χ1) is 8.16. The number of benzene rings is 1. The average Bonchev–Trinajstić information content (AvgIpc) is 2.82. The molecular formula is C13H16N2O2. The molecule has 0 radical (unpaired) electrons. The zero-order valence-corrected chi connectivity index (χ0v) is 9.82. The van der Waals surface area contributed by atoms with Gasteiger partial charge in [-0.3, -0.25) is 9.59 Å². The van der Waals surface area contributed by atoms with E-state index in [0.717, 1.165) is 19.4 Å². The van der Waals surface area contributed by atoms with Gasteiger partial charge in [-0.2, -0.15) is 0 Å². The molecule has 4 nitrogen and oxygen atoms in total. The fourth-order valence-electron chi connectivity index (χ4n) is 2.03. The largest absolute Gasteiger partial charge is 0.326 e. The molecule has 17 heavy (non-hydrogen) atoms. The van der Waals surface area contributed by atoms with E-state index in [4.69, 9.17) is 0 Å². The molecule has 1 aliphatic rings. The van der Waals surface area contributed by atoms with Crippen LogP contribution in [-0.2, 0) is 4.79 Å². The molecule has 1 aromatic rings. The Bertz CT molecular complexity index is 420. The van der Waals surface area contributed by atoms with E-state index in [0.29, 0.717) is 11.3 Å². The zero-order valence-electron chi connectivity index (χ0n) is 9.82. The summed E-state index contributed by atoms with van der Waals surface area (Å²) >= 11 is 0. The molecule has 90 valence electrons. The highest BCUT2D eigenvalue weighted by molar-refractivity contribution is 6.00. The second-order valence-corrected chi connectivity index (χ2v) is 4.27. The van der Waals surface area contributed by atoms with E-state index in [1.54, 1.807) is 24.3 Å². The number of anilines is 1. The molecule has 1 heterocycles. The van der Waals surface area contributed by atoms with Crippen molar-refractivity contribution in [2.24, 2.45) is 0 Å². The van der Waals surface area contributed by atoms with Crippen molar-refractivity contribution in [3.05, 3.63) is 29.8 Å². The Morgan fingerprint density at radius 1 is 1.29 bits per heavy atom. The Balaban J connectivity index is 2.06. The van der Waals surface area contributed by atoms with Gasteiger partial charge in [-0.25, -0.2) is 0 Å². The number of rotatable bonds is 3. The van der Waals surface area contributed by atoms with Crippen LogP contribution in [0.5, 0.6) is 0 Å². The molecule has 1 unspecified atom stereocenters. The minimum Gasteiger partial charge on any atom is -0.326 e. The van der Waals surface area contributed by atoms with Crippen LogP contribution in [0.4, 0.5) is 5.69 Å². The maximum absolute atomic E-state index is 12.0. The van der Waals surface area contributed by atoms with Crippen LogP contribution in [0.1, 0.15) is 30.1 Å². The number of nitrogens with one attached hydrogen (secondary N) is 2. The standard InChI is InChI=1S/C13H16N2O2/c1-9(16)15-11-6-4-10(5-7-11)13(17)12-3-2-8-14-12/h4-7,12,14H,2-3,8H2,1H3,(H,15,16). The van der Waals surface area contributed by atoms with Gasteiger partial charge in [-0.1, -0.05) is 0 Å². The van der Waals surface area contributed by atoms with Crippen molar-refractivity contribution in [2.45, 2.75) is 25.8 Å². The summed E-state index contributed by atoms with van der Waals surface area (Å²) < 4.78 is 0. The van der Waals surface area contributed by atoms with Crippen LogP contribution < -0.4 is 10.6 Å². The summed E-state index contributed by atoms with van der Waals surface area (Å²) in [6.45, 7) is 2.38. The molecule has 4 heteroatoms. The fraction of sp³-hybridized carbons (Fsp3) is 0.385. The van der Waals surface area contributed by atoms with Crippen molar-refractivity contribution in [3.8, 4) is 0 Å². The van der Waals surface area contributed by atoms with Crippen LogP contribution in [-0.4, -0.2) is 24.3 Å². The normalized spacial score (nSPS) is 19.0. The predicted octanol–water partition coefficient (Wildman–Crippen LogP) is 1.58. The lowest BCUT2D eigenvalue weighted by Gasteiger charge is -2.09. The Hall–Kier alpha value is -1.68. The lowest BCUT2D eigenvalue weighted by atomic mass is 10.0. The minimum atomic E-state index is -0.110. The van der Waals surface area contributed by atoms with Crippen LogP contribution in [0.2, 0.25) is 0 Å². The molecule has 2 N–H and O–H groups in total. The molecule has 0 bridgehead atoms. The molecule has 0 aliphatic carbocycles. The number of carbonyl (C=O) groups excluding carboxylic acids is 2. The third-order valence-corrected chi connectivity index (χ3v) is 2.87. The van der Waals surface area contributed by atoms with Crippen molar-refractivity contribution < 1.29 is 9.59 Å². The van der Waals surface area contributed by atoms with Crippen molar-refractivity contribution >= 4 is 17.4 Å². The van der Waals surface area contributed by atoms with Gasteiger partial charge in [0.25, 0.3) is 0 Å². The van der Waals surface area contributed by atoms with Crippen LogP contribution >= 0.6 is 0 Å². The van der Waals surface area contributed by atoms with Crippen molar-refractivity contribution in [3.63, 3.8) is 0 Å². The van der Waals surface area contributed by atoms with E-state index in [9.17, 15) is 9.59 Å². The summed E-state index contributed by atoms with van der Waals surface area (Å²) in [6.07, 6.45) is 1.96. The number of hydrogen-bond donors (Lipinski definition) is 2. The Morgan fingerprint density at radius 3 is 2.53 bits per heavy atom. The van der Waals surface area contributed by atoms with Gasteiger partial charge in [-0.15, -0.1) is 0 Å². The van der Waals surface area contributed by atoms with Gasteiger partial charge < -0.3 is 10.6 Å². The first kappa shape index (κ1) is 11.8. The summed E-state index contributed by atoms with van der Waals surface area (Å²) in [5.41, 5.74) is 1.41. The molecule has 1 aliphatic heterocycles. The first-order valence-electron chi connectivity index (χ1n) is 5.82. The maximum atomic E-state index is 12.0. The highest BCUT2D eigenvalue weighted by Gasteiger charge is 2.22. The van der Waals surface area contributed by atoms with Gasteiger partial charge >= 0.3 is 0 Å². The average molecular weight is 232 g/mol. The van der Waals surface area contributed by atoms with Gasteiger partial charge in [0.2, 0.25) is 5.91 Å². The SMILES string of the molecule is CC(=O)Nc1ccc(C(=O)C2CCCN2)cc1. The molecular weight excluding hydrogens is 216 g/mol. The van der Waals surface area contributed by atoms with Crippen LogP contribution in [0.3, 0.4) is 0 Å². The quantitative estimate of drug-likeness (QED) is 0.778. The van der Waals surface area contributed by atoms with Crippen LogP contribution in [0.15, 0.2) is 24.3 Å². The predicted molar refractivity (Wildman–Crippen MR) is 66.1 cm³/mol. The second-order valence-electron chi connectivity index (χ2n) is 4.27. The monoisotopic (exact) mass is 232 g/mol. The van der Waals surface area contributed by atoms with Crippen molar-refractivity contribution in [1.82, 2.24) is 5.32 Å². The van der Waals surface area contributed by atoms with Gasteiger partial charge in [0.05, 0.1) is 6.04 Å². The summed E-state index contributed by atoms with van der Waals surface area (Å²) in [5.74, 6) is 0.0263. The number of carbonyl (C=O) groups is 2. The van der Waals surface area contributed by atoms with Crippen molar-refractivity contribution in [1.29, 1.82) is 0 Å². The zero-order chi connectivity index (χ0) is 12.3. The van der Waals surface area contributed by atoms with E-state index in [1.165, 1.54) is 6.92 Å². The fourth-order valence-corrected chi connectivity index (χ4v) is 2.03. The Kier molecular flexibility index (Phi) is 3.54. The summed E-state index contributed by atoms with van der Waals surface area (Å²) in [5, 5.41) is 5.86. The topological polar surface area (TPSA) is 58.2 Å². The highest BCUT2D eigenvalue weighted by atomic mass is 16.1. The van der Waals surface area contributed by atoms with Gasteiger partial charge in [0.15, 0.2) is 5.78 Å². The first-order valence-corrected chi connectivity index (χ1v) is 5.82. The van der Waals surface area contributed by atoms with Gasteiger partial charge in [0, 0.05) is 18.2 Å². The second kappa shape index (κ2) is 5.10. The maximum Gasteiger partial charge on any atom is 0.221 e. The van der Waals surface area contributed by atoms with E-state index < -0.39 is 0 Å². The lowest BCUT2D eigenvalue weighted by molar-refractivity contribution is -0.114. The molecule has 1 atom stereocenters. The number of ketones is 1. The van der Waals surface area contributed by atoms with E-state index >= 15 is 0 Å². The molecule has 2 rings (SSSR count). The van der Waals surface area contributed by atoms with Gasteiger partial charge in [0.1, 0.15) is 0 Å². The summed E-state index contributed by atoms with van der Waals surface area (Å²) in [7, 11) is 0. The number of amides is 1. The van der Waals surface area contributed by atoms with E-state index in [2.05, 4.69) is 10.6 Å². The lowest BCUT2D eigenvalue weighted by Crippen LogP contribution is -2.30. The molecule has 0 aromatic heterocycles. The van der Waals surface area contributed by atoms with Crippen LogP contribution in [0.25, 0.3) is 0 Å². The number of Topliss-reactive ketones (excluding diaryl/α,β-unsaturated/α-hetero) is 1. The molecule has 0 spiro atoms. The highest BCUT2D eigenvalue weighted by Crippen LogP contribution is 2.15. The minimum absolute atomic E-state index is 0.0402. The molecule has 1 amide bonds. The molecule has 1 fully saturated rings. The summed E-state index contributed by atoms with van der Waals surface area (Å²) in [4.78, 5) is 22.9. The molecule has 1 aromatic carbocycles. The summed E-state index contributed by atoms with van der Waals surface area (Å²) in [6, 6.07) is 6.98. The Morgan fingerprint density at radius 2 is 2.00 bits per heavy atom. The molecule has 0 saturated carbocycles. The van der Waals surface area contributed by atoms with Gasteiger partial charge in [-0.05, 0) is 43.7 Å². The third kappa shape index (κ3) is 2.91. The Labute approximate surface area is 100 Å².